The van der Waals surface area contributed by atoms with E-state index in [1.165, 1.54) is 43.1 Å². The van der Waals surface area contributed by atoms with Crippen LogP contribution in [-0.2, 0) is 0 Å². The van der Waals surface area contributed by atoms with Gasteiger partial charge in [-0.05, 0) is 62.6 Å². The van der Waals surface area contributed by atoms with Crippen LogP contribution in [0.4, 0.5) is 0 Å². The minimum Gasteiger partial charge on any atom is -0.305 e. The number of fused-ring (bicyclic) bond motifs is 12. The largest absolute Gasteiger partial charge is 0.305 e. The Kier molecular flexibility index (Phi) is 5.63. The van der Waals surface area contributed by atoms with Crippen molar-refractivity contribution in [3.05, 3.63) is 170 Å². The van der Waals surface area contributed by atoms with Gasteiger partial charge in [0.05, 0.1) is 16.6 Å². The number of rotatable bonds is 3. The van der Waals surface area contributed by atoms with Crippen molar-refractivity contribution in [1.29, 1.82) is 0 Å². The van der Waals surface area contributed by atoms with E-state index in [9.17, 15) is 0 Å². The zero-order valence-corrected chi connectivity index (χ0v) is 27.0. The van der Waals surface area contributed by atoms with Gasteiger partial charge in [0.2, 0.25) is 0 Å². The van der Waals surface area contributed by atoms with E-state index in [2.05, 4.69) is 173 Å². The molecule has 4 nitrogen and oxygen atoms in total. The third-order valence-electron chi connectivity index (χ3n) is 10.3. The molecule has 0 fully saturated rings. The van der Waals surface area contributed by atoms with Gasteiger partial charge in [0.1, 0.15) is 11.0 Å². The fourth-order valence-electron chi connectivity index (χ4n) is 8.13. The fraction of sp³-hybridized carbons (Fsp3) is 0. The zero-order chi connectivity index (χ0) is 32.8. The van der Waals surface area contributed by atoms with E-state index in [-0.39, 0.29) is 0 Å². The van der Waals surface area contributed by atoms with E-state index < -0.39 is 0 Å². The average Bonchev–Trinajstić information content (AvgIpc) is 3.72. The molecule has 0 bridgehead atoms. The molecule has 8 aromatic carbocycles. The topological polar surface area (TPSA) is 35.6 Å². The molecule has 0 atom stereocenters. The molecule has 0 aliphatic carbocycles. The Morgan fingerprint density at radius 2 is 0.820 bits per heavy atom. The molecular weight excluding hydrogens is 609 g/mol. The van der Waals surface area contributed by atoms with Gasteiger partial charge in [-0.1, -0.05) is 140 Å². The van der Waals surface area contributed by atoms with Crippen LogP contribution < -0.4 is 0 Å². The Morgan fingerprint density at radius 3 is 1.38 bits per heavy atom. The van der Waals surface area contributed by atoms with Crippen LogP contribution in [0.15, 0.2) is 170 Å². The molecule has 0 saturated carbocycles. The van der Waals surface area contributed by atoms with Crippen molar-refractivity contribution in [2.75, 3.05) is 0 Å². The Labute approximate surface area is 287 Å². The Hall–Kier alpha value is -6.78. The lowest BCUT2D eigenvalue weighted by Gasteiger charge is -2.14. The quantitative estimate of drug-likeness (QED) is 0.193. The first-order chi connectivity index (χ1) is 24.8. The Morgan fingerprint density at radius 1 is 0.360 bits per heavy atom. The second-order valence-electron chi connectivity index (χ2n) is 13.0. The lowest BCUT2D eigenvalue weighted by molar-refractivity contribution is 1.05. The Bertz CT molecular complexity index is 3040. The first-order valence-electron chi connectivity index (χ1n) is 17.0. The van der Waals surface area contributed by atoms with Gasteiger partial charge in [0.15, 0.2) is 11.6 Å². The molecule has 3 aromatic heterocycles. The van der Waals surface area contributed by atoms with Crippen LogP contribution in [0.1, 0.15) is 0 Å². The summed E-state index contributed by atoms with van der Waals surface area (Å²) in [5.41, 5.74) is 7.28. The van der Waals surface area contributed by atoms with Crippen LogP contribution in [0.25, 0.3) is 99.0 Å². The highest BCUT2D eigenvalue weighted by molar-refractivity contribution is 6.29. The highest BCUT2D eigenvalue weighted by atomic mass is 15.1. The van der Waals surface area contributed by atoms with Gasteiger partial charge in [0.25, 0.3) is 0 Å². The number of para-hydroxylation sites is 1. The normalized spacial score (nSPS) is 12.0. The monoisotopic (exact) mass is 636 g/mol. The molecule has 4 heteroatoms. The first kappa shape index (κ1) is 27.2. The van der Waals surface area contributed by atoms with Gasteiger partial charge >= 0.3 is 0 Å². The fourth-order valence-corrected chi connectivity index (χ4v) is 8.13. The molecule has 232 valence electrons. The maximum atomic E-state index is 5.57. The van der Waals surface area contributed by atoms with Gasteiger partial charge in [-0.2, -0.15) is 0 Å². The smallest absolute Gasteiger partial charge is 0.166 e. The molecule has 0 amide bonds. The van der Waals surface area contributed by atoms with Gasteiger partial charge in [-0.3, -0.25) is 4.57 Å². The van der Waals surface area contributed by atoms with Crippen LogP contribution in [0.2, 0.25) is 0 Å². The number of aromatic nitrogens is 4. The molecule has 11 aromatic rings. The summed E-state index contributed by atoms with van der Waals surface area (Å²) in [4.78, 5) is 11.0. The van der Waals surface area contributed by atoms with Crippen molar-refractivity contribution in [2.24, 2.45) is 0 Å². The second-order valence-corrected chi connectivity index (χ2v) is 13.0. The maximum Gasteiger partial charge on any atom is 0.166 e. The summed E-state index contributed by atoms with van der Waals surface area (Å²) in [6.07, 6.45) is 0. The van der Waals surface area contributed by atoms with Gasteiger partial charge in [-0.25, -0.2) is 9.97 Å². The molecule has 0 radical (unpaired) electrons. The van der Waals surface area contributed by atoms with E-state index >= 15 is 0 Å². The SMILES string of the molecule is c1ccc(-c2nc(-n3c4ccc5ccccc5c4c4c5ccccc5ccc43)c3c(n2)c2c4ccccc4ccc2n3-c2ccccc2)cc1. The van der Waals surface area contributed by atoms with E-state index in [1.807, 2.05) is 6.07 Å². The molecule has 50 heavy (non-hydrogen) atoms. The standard InChI is InChI=1S/C46H28N4/c1-3-16-32(17-4-1)45-47-43-42-36-22-12-9-15-31(36)25-28-39(42)49(33-18-5-2-6-19-33)44(43)46(48-45)50-37-26-23-29-13-7-10-20-34(29)40(37)41-35-21-11-8-14-30(35)24-27-38(41)50/h1-28H. The van der Waals surface area contributed by atoms with Gasteiger partial charge in [0, 0.05) is 27.4 Å². The molecule has 0 spiro atoms. The summed E-state index contributed by atoms with van der Waals surface area (Å²) >= 11 is 0. The van der Waals surface area contributed by atoms with Crippen LogP contribution >= 0.6 is 0 Å². The lowest BCUT2D eigenvalue weighted by Crippen LogP contribution is -2.05. The van der Waals surface area contributed by atoms with Crippen LogP contribution in [0, 0.1) is 0 Å². The molecule has 0 unspecified atom stereocenters. The third kappa shape index (κ3) is 3.76. The van der Waals surface area contributed by atoms with E-state index in [1.54, 1.807) is 0 Å². The highest BCUT2D eigenvalue weighted by Crippen LogP contribution is 2.44. The number of hydrogen-bond donors (Lipinski definition) is 0. The molecular formula is C46H28N4. The van der Waals surface area contributed by atoms with Crippen molar-refractivity contribution in [3.8, 4) is 22.9 Å². The van der Waals surface area contributed by atoms with Crippen molar-refractivity contribution in [1.82, 2.24) is 19.1 Å². The van der Waals surface area contributed by atoms with Crippen LogP contribution in [0.5, 0.6) is 0 Å². The number of benzene rings is 8. The summed E-state index contributed by atoms with van der Waals surface area (Å²) in [6.45, 7) is 0. The lowest BCUT2D eigenvalue weighted by atomic mass is 10.00. The van der Waals surface area contributed by atoms with Gasteiger partial charge in [-0.15, -0.1) is 0 Å². The Balaban J connectivity index is 1.43. The molecule has 0 saturated heterocycles. The minimum atomic E-state index is 0.699. The second kappa shape index (κ2) is 10.4. The summed E-state index contributed by atoms with van der Waals surface area (Å²) in [6, 6.07) is 60.6. The van der Waals surface area contributed by atoms with Gasteiger partial charge < -0.3 is 4.57 Å². The van der Waals surface area contributed by atoms with Crippen molar-refractivity contribution in [2.45, 2.75) is 0 Å². The van der Waals surface area contributed by atoms with E-state index in [4.69, 9.17) is 9.97 Å². The van der Waals surface area contributed by atoms with E-state index in [0.717, 1.165) is 50.0 Å². The molecule has 11 rings (SSSR count). The summed E-state index contributed by atoms with van der Waals surface area (Å²) in [5, 5.41) is 10.8. The average molecular weight is 637 g/mol. The molecule has 0 aliphatic rings. The van der Waals surface area contributed by atoms with Crippen molar-refractivity contribution < 1.29 is 0 Å². The maximum absolute atomic E-state index is 5.57. The predicted molar refractivity (Wildman–Crippen MR) is 209 cm³/mol. The predicted octanol–water partition coefficient (Wildman–Crippen LogP) is 11.8. The van der Waals surface area contributed by atoms with E-state index in [0.29, 0.717) is 5.82 Å². The molecule has 0 N–H and O–H groups in total. The van der Waals surface area contributed by atoms with Crippen LogP contribution in [0.3, 0.4) is 0 Å². The third-order valence-corrected chi connectivity index (χ3v) is 10.3. The zero-order valence-electron chi connectivity index (χ0n) is 27.0. The molecule has 3 heterocycles. The number of hydrogen-bond acceptors (Lipinski definition) is 2. The molecule has 0 aliphatic heterocycles. The highest BCUT2D eigenvalue weighted by Gasteiger charge is 2.26. The first-order valence-corrected chi connectivity index (χ1v) is 17.0. The van der Waals surface area contributed by atoms with Crippen LogP contribution in [-0.4, -0.2) is 19.1 Å². The van der Waals surface area contributed by atoms with Crippen molar-refractivity contribution >= 4 is 76.1 Å². The summed E-state index contributed by atoms with van der Waals surface area (Å²) in [7, 11) is 0. The minimum absolute atomic E-state index is 0.699. The summed E-state index contributed by atoms with van der Waals surface area (Å²) in [5.74, 6) is 1.55. The number of nitrogens with zero attached hydrogens (tertiary/aromatic N) is 4. The van der Waals surface area contributed by atoms with Crippen molar-refractivity contribution in [3.63, 3.8) is 0 Å². The summed E-state index contributed by atoms with van der Waals surface area (Å²) < 4.78 is 4.75.